The summed E-state index contributed by atoms with van der Waals surface area (Å²) in [6, 6.07) is 7.74. The van der Waals surface area contributed by atoms with E-state index < -0.39 is 23.3 Å². The van der Waals surface area contributed by atoms with Crippen molar-refractivity contribution in [3.63, 3.8) is 0 Å². The number of benzene rings is 2. The fourth-order valence-corrected chi connectivity index (χ4v) is 1.58. The molecule has 2 rings (SSSR count). The van der Waals surface area contributed by atoms with Gasteiger partial charge in [0.2, 0.25) is 0 Å². The first-order valence-electron chi connectivity index (χ1n) is 5.50. The van der Waals surface area contributed by atoms with Crippen LogP contribution in [0.15, 0.2) is 42.5 Å². The smallest absolute Gasteiger partial charge is 0.419 e. The van der Waals surface area contributed by atoms with Crippen molar-refractivity contribution >= 4 is 6.29 Å². The molecule has 0 aliphatic rings. The Balaban J connectivity index is 2.38. The number of rotatable bonds is 3. The Morgan fingerprint density at radius 2 is 1.70 bits per heavy atom. The molecule has 0 saturated heterocycles. The Labute approximate surface area is 111 Å². The molecular formula is C14H8F4O2. The molecule has 0 heterocycles. The molecule has 0 fully saturated rings. The van der Waals surface area contributed by atoms with E-state index in [0.29, 0.717) is 6.29 Å². The zero-order valence-electron chi connectivity index (χ0n) is 9.95. The average Bonchev–Trinajstić information content (AvgIpc) is 2.40. The van der Waals surface area contributed by atoms with Crippen LogP contribution in [0, 0.1) is 5.82 Å². The van der Waals surface area contributed by atoms with Gasteiger partial charge in [0.25, 0.3) is 0 Å². The highest BCUT2D eigenvalue weighted by Gasteiger charge is 2.34. The molecule has 0 aliphatic carbocycles. The standard InChI is InChI=1S/C14H8F4O2/c15-11-7-9(8-19)5-6-13(11)20-12-4-2-1-3-10(12)14(16,17)18/h1-8H. The maximum atomic E-state index is 13.6. The Morgan fingerprint density at radius 1 is 1.00 bits per heavy atom. The molecular weight excluding hydrogens is 276 g/mol. The van der Waals surface area contributed by atoms with Gasteiger partial charge in [0, 0.05) is 5.56 Å². The molecule has 20 heavy (non-hydrogen) atoms. The third kappa shape index (κ3) is 2.96. The van der Waals surface area contributed by atoms with Gasteiger partial charge >= 0.3 is 6.18 Å². The predicted molar refractivity (Wildman–Crippen MR) is 63.3 cm³/mol. The minimum Gasteiger partial charge on any atom is -0.454 e. The highest BCUT2D eigenvalue weighted by Crippen LogP contribution is 2.38. The number of hydrogen-bond donors (Lipinski definition) is 0. The van der Waals surface area contributed by atoms with Gasteiger partial charge in [0.05, 0.1) is 5.56 Å². The molecule has 2 aromatic carbocycles. The lowest BCUT2D eigenvalue weighted by molar-refractivity contribution is -0.138. The summed E-state index contributed by atoms with van der Waals surface area (Å²) in [6.07, 6.45) is -4.17. The summed E-state index contributed by atoms with van der Waals surface area (Å²) < 4.78 is 56.8. The molecule has 6 heteroatoms. The monoisotopic (exact) mass is 284 g/mol. The molecule has 2 aromatic rings. The van der Waals surface area contributed by atoms with Gasteiger partial charge in [-0.25, -0.2) is 4.39 Å². The molecule has 0 N–H and O–H groups in total. The van der Waals surface area contributed by atoms with Crippen LogP contribution in [0.3, 0.4) is 0 Å². The van der Waals surface area contributed by atoms with Gasteiger partial charge < -0.3 is 4.74 Å². The van der Waals surface area contributed by atoms with Gasteiger partial charge in [-0.2, -0.15) is 13.2 Å². The predicted octanol–water partition coefficient (Wildman–Crippen LogP) is 4.45. The van der Waals surface area contributed by atoms with E-state index in [4.69, 9.17) is 4.74 Å². The summed E-state index contributed by atoms with van der Waals surface area (Å²) in [5.41, 5.74) is -0.933. The van der Waals surface area contributed by atoms with Gasteiger partial charge in [0.1, 0.15) is 12.0 Å². The van der Waals surface area contributed by atoms with E-state index in [0.717, 1.165) is 24.3 Å². The van der Waals surface area contributed by atoms with Gasteiger partial charge in [-0.1, -0.05) is 12.1 Å². The van der Waals surface area contributed by atoms with Gasteiger partial charge in [-0.3, -0.25) is 4.79 Å². The third-order valence-electron chi connectivity index (χ3n) is 2.50. The lowest BCUT2D eigenvalue weighted by Crippen LogP contribution is -2.07. The zero-order valence-corrected chi connectivity index (χ0v) is 9.95. The number of alkyl halides is 3. The fourth-order valence-electron chi connectivity index (χ4n) is 1.58. The quantitative estimate of drug-likeness (QED) is 0.615. The first-order chi connectivity index (χ1) is 9.41. The second-order valence-electron chi connectivity index (χ2n) is 3.90. The number of aldehydes is 1. The van der Waals surface area contributed by atoms with Gasteiger partial charge in [-0.15, -0.1) is 0 Å². The van der Waals surface area contributed by atoms with Crippen molar-refractivity contribution in [1.82, 2.24) is 0 Å². The first kappa shape index (κ1) is 14.0. The Hall–Kier alpha value is -2.37. The summed E-state index contributed by atoms with van der Waals surface area (Å²) in [5, 5.41) is 0. The molecule has 104 valence electrons. The maximum absolute atomic E-state index is 13.6. The van der Waals surface area contributed by atoms with Crippen molar-refractivity contribution in [2.45, 2.75) is 6.18 Å². The maximum Gasteiger partial charge on any atom is 0.419 e. The van der Waals surface area contributed by atoms with Crippen molar-refractivity contribution in [2.75, 3.05) is 0 Å². The number of carbonyl (C=O) groups is 1. The van der Waals surface area contributed by atoms with Crippen LogP contribution in [0.4, 0.5) is 17.6 Å². The number of halogens is 4. The number of carbonyl (C=O) groups excluding carboxylic acids is 1. The molecule has 0 amide bonds. The van der Waals surface area contributed by atoms with E-state index in [9.17, 15) is 22.4 Å². The van der Waals surface area contributed by atoms with Crippen LogP contribution >= 0.6 is 0 Å². The van der Waals surface area contributed by atoms with Crippen LogP contribution in [0.5, 0.6) is 11.5 Å². The van der Waals surface area contributed by atoms with E-state index in [1.165, 1.54) is 18.2 Å². The molecule has 0 saturated carbocycles. The SMILES string of the molecule is O=Cc1ccc(Oc2ccccc2C(F)(F)F)c(F)c1. The van der Waals surface area contributed by atoms with Crippen molar-refractivity contribution in [3.05, 3.63) is 59.4 Å². The van der Waals surface area contributed by atoms with Crippen LogP contribution in [-0.2, 0) is 6.18 Å². The second kappa shape index (κ2) is 5.32. The Kier molecular flexibility index (Phi) is 3.74. The first-order valence-corrected chi connectivity index (χ1v) is 5.50. The number of para-hydroxylation sites is 1. The minimum absolute atomic E-state index is 0.0685. The Morgan fingerprint density at radius 3 is 2.30 bits per heavy atom. The summed E-state index contributed by atoms with van der Waals surface area (Å²) in [5.74, 6) is -1.79. The lowest BCUT2D eigenvalue weighted by Gasteiger charge is -2.13. The molecule has 0 bridgehead atoms. The van der Waals surface area contributed by atoms with E-state index in [1.54, 1.807) is 0 Å². The van der Waals surface area contributed by atoms with Crippen LogP contribution < -0.4 is 4.74 Å². The lowest BCUT2D eigenvalue weighted by atomic mass is 10.2. The fraction of sp³-hybridized carbons (Fsp3) is 0.0714. The minimum atomic E-state index is -4.60. The second-order valence-corrected chi connectivity index (χ2v) is 3.90. The molecule has 0 atom stereocenters. The van der Waals surface area contributed by atoms with Crippen molar-refractivity contribution in [1.29, 1.82) is 0 Å². The summed E-state index contributed by atoms with van der Waals surface area (Å²) in [6.45, 7) is 0. The van der Waals surface area contributed by atoms with Crippen LogP contribution in [-0.4, -0.2) is 6.29 Å². The highest BCUT2D eigenvalue weighted by atomic mass is 19.4. The molecule has 0 unspecified atom stereocenters. The zero-order chi connectivity index (χ0) is 14.8. The van der Waals surface area contributed by atoms with Crippen molar-refractivity contribution < 1.29 is 27.1 Å². The topological polar surface area (TPSA) is 26.3 Å². The molecule has 2 nitrogen and oxygen atoms in total. The van der Waals surface area contributed by atoms with Crippen molar-refractivity contribution in [3.8, 4) is 11.5 Å². The van der Waals surface area contributed by atoms with E-state index in [1.807, 2.05) is 0 Å². The third-order valence-corrected chi connectivity index (χ3v) is 2.50. The number of ether oxygens (including phenoxy) is 1. The van der Waals surface area contributed by atoms with Crippen molar-refractivity contribution in [2.24, 2.45) is 0 Å². The van der Waals surface area contributed by atoms with E-state index in [2.05, 4.69) is 0 Å². The van der Waals surface area contributed by atoms with Gasteiger partial charge in [-0.05, 0) is 30.3 Å². The molecule has 0 radical (unpaired) electrons. The average molecular weight is 284 g/mol. The highest BCUT2D eigenvalue weighted by molar-refractivity contribution is 5.75. The summed E-state index contributed by atoms with van der Waals surface area (Å²) >= 11 is 0. The molecule has 0 aliphatic heterocycles. The number of hydrogen-bond acceptors (Lipinski definition) is 2. The van der Waals surface area contributed by atoms with Crippen LogP contribution in [0.25, 0.3) is 0 Å². The molecule has 0 aromatic heterocycles. The normalized spacial score (nSPS) is 11.2. The van der Waals surface area contributed by atoms with Crippen LogP contribution in [0.1, 0.15) is 15.9 Å². The Bertz CT molecular complexity index is 635. The summed E-state index contributed by atoms with van der Waals surface area (Å²) in [7, 11) is 0. The van der Waals surface area contributed by atoms with E-state index >= 15 is 0 Å². The van der Waals surface area contributed by atoms with E-state index in [-0.39, 0.29) is 11.3 Å². The molecule has 0 spiro atoms. The summed E-state index contributed by atoms with van der Waals surface area (Å²) in [4.78, 5) is 10.5. The largest absolute Gasteiger partial charge is 0.454 e. The van der Waals surface area contributed by atoms with Gasteiger partial charge in [0.15, 0.2) is 11.6 Å². The van der Waals surface area contributed by atoms with Crippen LogP contribution in [0.2, 0.25) is 0 Å².